The Labute approximate surface area is 190 Å². The van der Waals surface area contributed by atoms with Crippen molar-refractivity contribution in [2.24, 2.45) is 5.92 Å². The Kier molecular flexibility index (Phi) is 13.6. The molecule has 0 aliphatic heterocycles. The highest BCUT2D eigenvalue weighted by Gasteiger charge is 2.36. The molecule has 0 aromatic heterocycles. The summed E-state index contributed by atoms with van der Waals surface area (Å²) in [6.07, 6.45) is 18.0. The Balaban J connectivity index is 2.54. The van der Waals surface area contributed by atoms with Crippen molar-refractivity contribution in [3.8, 4) is 5.75 Å². The van der Waals surface area contributed by atoms with Gasteiger partial charge in [-0.1, -0.05) is 109 Å². The van der Waals surface area contributed by atoms with E-state index in [4.69, 9.17) is 0 Å². The molecule has 4 nitrogen and oxygen atoms in total. The van der Waals surface area contributed by atoms with Crippen LogP contribution in [-0.4, -0.2) is 21.3 Å². The molecule has 0 aliphatic rings. The lowest BCUT2D eigenvalue weighted by Gasteiger charge is -2.34. The number of hydrogen-bond donors (Lipinski definition) is 3. The Hall–Kier alpha value is -1.55. The minimum absolute atomic E-state index is 0.000889. The molecule has 3 N–H and O–H groups in total. The molecule has 31 heavy (non-hydrogen) atoms. The van der Waals surface area contributed by atoms with Gasteiger partial charge >= 0.3 is 5.97 Å². The van der Waals surface area contributed by atoms with Crippen LogP contribution in [0, 0.1) is 5.92 Å². The molecule has 0 bridgehead atoms. The van der Waals surface area contributed by atoms with Crippen LogP contribution >= 0.6 is 0 Å². The monoisotopic (exact) mass is 434 g/mol. The second-order valence-corrected chi connectivity index (χ2v) is 9.32. The minimum Gasteiger partial charge on any atom is -0.507 e. The molecule has 0 fully saturated rings. The first kappa shape index (κ1) is 27.5. The lowest BCUT2D eigenvalue weighted by molar-refractivity contribution is -0.0172. The van der Waals surface area contributed by atoms with Gasteiger partial charge in [0.2, 0.25) is 0 Å². The van der Waals surface area contributed by atoms with Crippen molar-refractivity contribution < 1.29 is 20.1 Å². The maximum absolute atomic E-state index is 11.4. The van der Waals surface area contributed by atoms with Gasteiger partial charge in [0.25, 0.3) is 0 Å². The number of benzene rings is 1. The number of carboxylic acid groups (broad SMARTS) is 1. The topological polar surface area (TPSA) is 77.8 Å². The highest BCUT2D eigenvalue weighted by atomic mass is 16.4. The van der Waals surface area contributed by atoms with Gasteiger partial charge in [0.05, 0.1) is 5.60 Å². The first-order chi connectivity index (χ1) is 14.9. The fraction of sp³-hybridized carbons (Fsp3) is 0.741. The maximum atomic E-state index is 11.4. The number of para-hydroxylation sites is 1. The highest BCUT2D eigenvalue weighted by Crippen LogP contribution is 2.41. The number of unbranched alkanes of at least 4 members (excludes halogenated alkanes) is 11. The fourth-order valence-corrected chi connectivity index (χ4v) is 4.56. The molecule has 0 spiro atoms. The van der Waals surface area contributed by atoms with Gasteiger partial charge in [0, 0.05) is 5.56 Å². The van der Waals surface area contributed by atoms with Gasteiger partial charge in [-0.2, -0.15) is 0 Å². The molecular formula is C27H46O4. The molecule has 178 valence electrons. The average Bonchev–Trinajstić information content (AvgIpc) is 2.73. The van der Waals surface area contributed by atoms with E-state index in [0.29, 0.717) is 5.56 Å². The normalized spacial score (nSPS) is 14.3. The summed E-state index contributed by atoms with van der Waals surface area (Å²) in [5.41, 5.74) is -1.07. The summed E-state index contributed by atoms with van der Waals surface area (Å²) in [5.74, 6) is -1.48. The average molecular weight is 435 g/mol. The largest absolute Gasteiger partial charge is 0.507 e. The number of phenols is 1. The van der Waals surface area contributed by atoms with Gasteiger partial charge in [-0.25, -0.2) is 4.79 Å². The Morgan fingerprint density at radius 3 is 1.84 bits per heavy atom. The lowest BCUT2D eigenvalue weighted by atomic mass is 9.76. The number of rotatable bonds is 18. The van der Waals surface area contributed by atoms with Crippen LogP contribution in [0.25, 0.3) is 0 Å². The number of aliphatic hydroxyl groups is 1. The Morgan fingerprint density at radius 1 is 0.839 bits per heavy atom. The van der Waals surface area contributed by atoms with E-state index in [2.05, 4.69) is 13.8 Å². The van der Waals surface area contributed by atoms with Gasteiger partial charge in [-0.3, -0.25) is 0 Å². The first-order valence-electron chi connectivity index (χ1n) is 12.6. The van der Waals surface area contributed by atoms with Crippen LogP contribution in [0.2, 0.25) is 0 Å². The van der Waals surface area contributed by atoms with E-state index >= 15 is 0 Å². The van der Waals surface area contributed by atoms with Gasteiger partial charge in [0.15, 0.2) is 0 Å². The summed E-state index contributed by atoms with van der Waals surface area (Å²) in [6.45, 7) is 6.12. The van der Waals surface area contributed by atoms with Crippen molar-refractivity contribution in [2.45, 2.75) is 123 Å². The quantitative estimate of drug-likeness (QED) is 0.206. The number of hydrogen-bond acceptors (Lipinski definition) is 3. The van der Waals surface area contributed by atoms with Gasteiger partial charge in [-0.15, -0.1) is 0 Å². The van der Waals surface area contributed by atoms with Gasteiger partial charge in [-0.05, 0) is 31.7 Å². The molecule has 2 unspecified atom stereocenters. The standard InChI is InChI=1S/C27H46O4/c1-4-6-8-9-10-11-12-13-14-15-16-19-22(18-7-5-2)27(3,31)24-21-17-20-23(25(24)28)26(29)30/h17,20-22,28,31H,4-16,18-19H2,1-3H3,(H,29,30). The third kappa shape index (κ3) is 9.64. The molecule has 0 radical (unpaired) electrons. The summed E-state index contributed by atoms with van der Waals surface area (Å²) < 4.78 is 0. The molecular weight excluding hydrogens is 388 g/mol. The van der Waals surface area contributed by atoms with Crippen molar-refractivity contribution in [3.05, 3.63) is 29.3 Å². The molecule has 0 saturated carbocycles. The molecule has 1 aromatic carbocycles. The Morgan fingerprint density at radius 2 is 1.32 bits per heavy atom. The lowest BCUT2D eigenvalue weighted by Crippen LogP contribution is -2.32. The molecule has 0 heterocycles. The van der Waals surface area contributed by atoms with Crippen LogP contribution in [0.5, 0.6) is 5.75 Å². The molecule has 0 amide bonds. The number of carboxylic acids is 1. The van der Waals surface area contributed by atoms with Crippen LogP contribution in [0.3, 0.4) is 0 Å². The molecule has 0 aliphatic carbocycles. The van der Waals surface area contributed by atoms with E-state index in [0.717, 1.165) is 38.5 Å². The predicted octanol–water partition coefficient (Wildman–Crippen LogP) is 7.81. The van der Waals surface area contributed by atoms with Crippen LogP contribution < -0.4 is 0 Å². The highest BCUT2D eigenvalue weighted by molar-refractivity contribution is 5.91. The third-order valence-corrected chi connectivity index (χ3v) is 6.67. The number of aromatic hydroxyl groups is 1. The zero-order valence-corrected chi connectivity index (χ0v) is 20.2. The molecule has 1 aromatic rings. The summed E-state index contributed by atoms with van der Waals surface area (Å²) in [4.78, 5) is 11.4. The van der Waals surface area contributed by atoms with Crippen LogP contribution in [0.4, 0.5) is 0 Å². The van der Waals surface area contributed by atoms with Gasteiger partial charge < -0.3 is 15.3 Å². The molecule has 0 saturated heterocycles. The predicted molar refractivity (Wildman–Crippen MR) is 129 cm³/mol. The fourth-order valence-electron chi connectivity index (χ4n) is 4.56. The molecule has 2 atom stereocenters. The SMILES string of the molecule is CCCCCCCCCCCCCC(CCCC)C(C)(O)c1cccc(C(=O)O)c1O. The number of aromatic carboxylic acids is 1. The van der Waals surface area contributed by atoms with E-state index < -0.39 is 11.6 Å². The van der Waals surface area contributed by atoms with Crippen molar-refractivity contribution in [1.82, 2.24) is 0 Å². The first-order valence-corrected chi connectivity index (χ1v) is 12.6. The summed E-state index contributed by atoms with van der Waals surface area (Å²) >= 11 is 0. The van der Waals surface area contributed by atoms with E-state index in [1.54, 1.807) is 19.1 Å². The zero-order chi connectivity index (χ0) is 23.1. The number of carbonyl (C=O) groups is 1. The summed E-state index contributed by atoms with van der Waals surface area (Å²) in [5, 5.41) is 31.2. The zero-order valence-electron chi connectivity index (χ0n) is 20.2. The second kappa shape index (κ2) is 15.3. The van der Waals surface area contributed by atoms with E-state index in [9.17, 15) is 20.1 Å². The third-order valence-electron chi connectivity index (χ3n) is 6.67. The maximum Gasteiger partial charge on any atom is 0.339 e. The summed E-state index contributed by atoms with van der Waals surface area (Å²) in [6, 6.07) is 4.63. The van der Waals surface area contributed by atoms with E-state index in [1.807, 2.05) is 0 Å². The summed E-state index contributed by atoms with van der Waals surface area (Å²) in [7, 11) is 0. The van der Waals surface area contributed by atoms with E-state index in [1.165, 1.54) is 63.9 Å². The van der Waals surface area contributed by atoms with Crippen molar-refractivity contribution in [3.63, 3.8) is 0 Å². The molecule has 1 rings (SSSR count). The van der Waals surface area contributed by atoms with Crippen molar-refractivity contribution in [1.29, 1.82) is 0 Å². The van der Waals surface area contributed by atoms with E-state index in [-0.39, 0.29) is 17.2 Å². The second-order valence-electron chi connectivity index (χ2n) is 9.32. The van der Waals surface area contributed by atoms with Crippen LogP contribution in [-0.2, 0) is 5.60 Å². The molecule has 4 heteroatoms. The van der Waals surface area contributed by atoms with Crippen molar-refractivity contribution >= 4 is 5.97 Å². The van der Waals surface area contributed by atoms with Crippen LogP contribution in [0.15, 0.2) is 18.2 Å². The van der Waals surface area contributed by atoms with Gasteiger partial charge in [0.1, 0.15) is 11.3 Å². The smallest absolute Gasteiger partial charge is 0.339 e. The van der Waals surface area contributed by atoms with Crippen molar-refractivity contribution in [2.75, 3.05) is 0 Å². The minimum atomic E-state index is -1.25. The Bertz CT molecular complexity index is 624. The van der Waals surface area contributed by atoms with Crippen LogP contribution in [0.1, 0.15) is 133 Å².